The zero-order valence-electron chi connectivity index (χ0n) is 12.7. The number of hydrogen-bond donors (Lipinski definition) is 1. The lowest BCUT2D eigenvalue weighted by Gasteiger charge is -2.41. The molecule has 2 amide bonds. The number of carbonyl (C=O) groups is 2. The molecule has 0 aromatic heterocycles. The summed E-state index contributed by atoms with van der Waals surface area (Å²) in [7, 11) is 0. The third-order valence-corrected chi connectivity index (χ3v) is 3.28. The molecule has 2 unspecified atom stereocenters. The van der Waals surface area contributed by atoms with Crippen LogP contribution in [0, 0.1) is 11.8 Å². The van der Waals surface area contributed by atoms with E-state index in [1.807, 2.05) is 20.8 Å². The maximum Gasteiger partial charge on any atom is 0.246 e. The number of carbonyl (C=O) groups excluding carboxylic acids is 2. The predicted octanol–water partition coefficient (Wildman–Crippen LogP) is 1.96. The molecule has 0 radical (unpaired) electrons. The monoisotopic (exact) mass is 266 g/mol. The molecule has 19 heavy (non-hydrogen) atoms. The van der Waals surface area contributed by atoms with E-state index < -0.39 is 0 Å². The second-order valence-corrected chi connectivity index (χ2v) is 6.30. The first-order chi connectivity index (χ1) is 8.73. The standard InChI is InChI=1S/C15H26N2O2/c1-9(2)7-12-15(19)17(8-10(3)4)13(11(5)6)14(18)16-12/h9,11-13H,3,7-8H2,1-2,4-6H3,(H,16,18). The van der Waals surface area contributed by atoms with Crippen molar-refractivity contribution in [3.05, 3.63) is 12.2 Å². The second-order valence-electron chi connectivity index (χ2n) is 6.30. The van der Waals surface area contributed by atoms with E-state index in [4.69, 9.17) is 0 Å². The van der Waals surface area contributed by atoms with E-state index in [1.54, 1.807) is 4.90 Å². The lowest BCUT2D eigenvalue weighted by molar-refractivity contribution is -0.151. The van der Waals surface area contributed by atoms with Crippen LogP contribution in [0.15, 0.2) is 12.2 Å². The van der Waals surface area contributed by atoms with Gasteiger partial charge < -0.3 is 10.2 Å². The van der Waals surface area contributed by atoms with Gasteiger partial charge in [0.2, 0.25) is 11.8 Å². The van der Waals surface area contributed by atoms with E-state index in [0.29, 0.717) is 18.9 Å². The third kappa shape index (κ3) is 3.82. The highest BCUT2D eigenvalue weighted by molar-refractivity contribution is 5.97. The topological polar surface area (TPSA) is 49.4 Å². The third-order valence-electron chi connectivity index (χ3n) is 3.28. The summed E-state index contributed by atoms with van der Waals surface area (Å²) in [6.07, 6.45) is 0.683. The molecule has 1 aliphatic heterocycles. The lowest BCUT2D eigenvalue weighted by atomic mass is 9.93. The van der Waals surface area contributed by atoms with Gasteiger partial charge in [-0.15, -0.1) is 0 Å². The molecule has 1 heterocycles. The van der Waals surface area contributed by atoms with Crippen molar-refractivity contribution >= 4 is 11.8 Å². The van der Waals surface area contributed by atoms with E-state index in [9.17, 15) is 9.59 Å². The summed E-state index contributed by atoms with van der Waals surface area (Å²) in [5.41, 5.74) is 0.900. The maximum atomic E-state index is 12.5. The number of piperazine rings is 1. The molecule has 2 atom stereocenters. The largest absolute Gasteiger partial charge is 0.342 e. The Hall–Kier alpha value is -1.32. The summed E-state index contributed by atoms with van der Waals surface area (Å²) < 4.78 is 0. The van der Waals surface area contributed by atoms with Crippen molar-refractivity contribution in [2.24, 2.45) is 11.8 Å². The first-order valence-electron chi connectivity index (χ1n) is 6.99. The molecule has 0 aliphatic carbocycles. The van der Waals surface area contributed by atoms with Crippen LogP contribution >= 0.6 is 0 Å². The van der Waals surface area contributed by atoms with Crippen molar-refractivity contribution in [2.45, 2.75) is 53.1 Å². The van der Waals surface area contributed by atoms with Crippen molar-refractivity contribution in [2.75, 3.05) is 6.54 Å². The van der Waals surface area contributed by atoms with Crippen molar-refractivity contribution in [3.8, 4) is 0 Å². The minimum Gasteiger partial charge on any atom is -0.342 e. The molecule has 1 fully saturated rings. The van der Waals surface area contributed by atoms with Crippen LogP contribution in [0.25, 0.3) is 0 Å². The SMILES string of the molecule is C=C(C)CN1C(=O)C(CC(C)C)NC(=O)C1C(C)C. The number of nitrogens with one attached hydrogen (secondary N) is 1. The quantitative estimate of drug-likeness (QED) is 0.773. The second kappa shape index (κ2) is 6.22. The minimum absolute atomic E-state index is 0.0231. The van der Waals surface area contributed by atoms with Crippen LogP contribution in [0.4, 0.5) is 0 Å². The highest BCUT2D eigenvalue weighted by atomic mass is 16.2. The van der Waals surface area contributed by atoms with Crippen LogP contribution in [-0.2, 0) is 9.59 Å². The Morgan fingerprint density at radius 2 is 1.89 bits per heavy atom. The molecule has 0 aromatic rings. The Bertz CT molecular complexity index is 374. The van der Waals surface area contributed by atoms with E-state index >= 15 is 0 Å². The van der Waals surface area contributed by atoms with Crippen molar-refractivity contribution in [3.63, 3.8) is 0 Å². The molecule has 1 N–H and O–H groups in total. The van der Waals surface area contributed by atoms with Gasteiger partial charge in [0.15, 0.2) is 0 Å². The van der Waals surface area contributed by atoms with Crippen LogP contribution in [-0.4, -0.2) is 35.3 Å². The summed E-state index contributed by atoms with van der Waals surface area (Å²) >= 11 is 0. The smallest absolute Gasteiger partial charge is 0.246 e. The fourth-order valence-electron chi connectivity index (χ4n) is 2.56. The van der Waals surface area contributed by atoms with Crippen molar-refractivity contribution in [1.82, 2.24) is 10.2 Å². The molecule has 1 saturated heterocycles. The molecular weight excluding hydrogens is 240 g/mol. The van der Waals surface area contributed by atoms with Gasteiger partial charge in [-0.05, 0) is 25.2 Å². The van der Waals surface area contributed by atoms with Gasteiger partial charge in [0, 0.05) is 6.54 Å². The molecule has 1 aliphatic rings. The van der Waals surface area contributed by atoms with E-state index in [-0.39, 0.29) is 29.8 Å². The Balaban J connectivity index is 2.97. The molecular formula is C15H26N2O2. The molecule has 4 heteroatoms. The number of amides is 2. The summed E-state index contributed by atoms with van der Waals surface area (Å²) in [6.45, 7) is 14.2. The van der Waals surface area contributed by atoms with Gasteiger partial charge in [0.1, 0.15) is 12.1 Å². The van der Waals surface area contributed by atoms with Crippen molar-refractivity contribution in [1.29, 1.82) is 0 Å². The minimum atomic E-state index is -0.387. The van der Waals surface area contributed by atoms with Crippen LogP contribution in [0.1, 0.15) is 41.0 Å². The van der Waals surface area contributed by atoms with Crippen LogP contribution in [0.3, 0.4) is 0 Å². The zero-order valence-corrected chi connectivity index (χ0v) is 12.7. The molecule has 1 rings (SSSR count). The van der Waals surface area contributed by atoms with Gasteiger partial charge >= 0.3 is 0 Å². The van der Waals surface area contributed by atoms with Crippen LogP contribution < -0.4 is 5.32 Å². The number of rotatable bonds is 5. The Kier molecular flexibility index (Phi) is 5.15. The van der Waals surface area contributed by atoms with Gasteiger partial charge in [0.05, 0.1) is 0 Å². The lowest BCUT2D eigenvalue weighted by Crippen LogP contribution is -2.65. The normalized spacial score (nSPS) is 24.1. The highest BCUT2D eigenvalue weighted by Crippen LogP contribution is 2.21. The average Bonchev–Trinajstić information content (AvgIpc) is 2.22. The van der Waals surface area contributed by atoms with Crippen LogP contribution in [0.5, 0.6) is 0 Å². The van der Waals surface area contributed by atoms with Gasteiger partial charge in [-0.2, -0.15) is 0 Å². The fraction of sp³-hybridized carbons (Fsp3) is 0.733. The first kappa shape index (κ1) is 15.7. The highest BCUT2D eigenvalue weighted by Gasteiger charge is 2.41. The van der Waals surface area contributed by atoms with E-state index in [0.717, 1.165) is 5.57 Å². The van der Waals surface area contributed by atoms with E-state index in [1.165, 1.54) is 0 Å². The average molecular weight is 266 g/mol. The first-order valence-corrected chi connectivity index (χ1v) is 6.99. The Morgan fingerprint density at radius 3 is 2.32 bits per heavy atom. The molecule has 0 bridgehead atoms. The molecule has 0 spiro atoms. The van der Waals surface area contributed by atoms with Crippen molar-refractivity contribution < 1.29 is 9.59 Å². The predicted molar refractivity (Wildman–Crippen MR) is 76.5 cm³/mol. The summed E-state index contributed by atoms with van der Waals surface area (Å²) in [5, 5.41) is 2.87. The summed E-state index contributed by atoms with van der Waals surface area (Å²) in [5.74, 6) is 0.455. The Morgan fingerprint density at radius 1 is 1.32 bits per heavy atom. The van der Waals surface area contributed by atoms with Gasteiger partial charge in [-0.25, -0.2) is 0 Å². The molecule has 0 saturated carbocycles. The fourth-order valence-corrected chi connectivity index (χ4v) is 2.56. The summed E-state index contributed by atoms with van der Waals surface area (Å²) in [4.78, 5) is 26.5. The Labute approximate surface area is 116 Å². The van der Waals surface area contributed by atoms with Gasteiger partial charge in [-0.1, -0.05) is 39.8 Å². The van der Waals surface area contributed by atoms with Crippen LogP contribution in [0.2, 0.25) is 0 Å². The van der Waals surface area contributed by atoms with E-state index in [2.05, 4.69) is 25.7 Å². The molecule has 4 nitrogen and oxygen atoms in total. The summed E-state index contributed by atoms with van der Waals surface area (Å²) in [6, 6.07) is -0.769. The number of hydrogen-bond acceptors (Lipinski definition) is 2. The van der Waals surface area contributed by atoms with Gasteiger partial charge in [0.25, 0.3) is 0 Å². The number of nitrogens with zero attached hydrogens (tertiary/aromatic N) is 1. The maximum absolute atomic E-state index is 12.5. The molecule has 0 aromatic carbocycles. The zero-order chi connectivity index (χ0) is 14.7. The molecule has 108 valence electrons. The van der Waals surface area contributed by atoms with Gasteiger partial charge in [-0.3, -0.25) is 9.59 Å².